The molecule has 170 valence electrons. The number of nitrogens with one attached hydrogen (secondary N) is 1. The van der Waals surface area contributed by atoms with Crippen LogP contribution in [0, 0.1) is 0 Å². The van der Waals surface area contributed by atoms with Crippen LogP contribution in [0.3, 0.4) is 0 Å². The highest BCUT2D eigenvalue weighted by Gasteiger charge is 2.12. The van der Waals surface area contributed by atoms with Gasteiger partial charge in [-0.15, -0.1) is 0 Å². The Hall–Kier alpha value is -3.80. The van der Waals surface area contributed by atoms with E-state index < -0.39 is 0 Å². The number of aryl methyl sites for hydroxylation is 2. The number of carbonyl (C=O) groups excluding carboxylic acids is 1. The lowest BCUT2D eigenvalue weighted by atomic mass is 10.2. The number of carbonyl (C=O) groups is 1. The monoisotopic (exact) mass is 443 g/mol. The number of nitrogens with zero attached hydrogens (tertiary/aromatic N) is 2. The van der Waals surface area contributed by atoms with Gasteiger partial charge >= 0.3 is 0 Å². The highest BCUT2D eigenvalue weighted by atomic mass is 16.5. The average Bonchev–Trinajstić information content (AvgIpc) is 3.22. The first-order chi connectivity index (χ1) is 16.3. The van der Waals surface area contributed by atoms with Crippen molar-refractivity contribution in [1.82, 2.24) is 14.9 Å². The van der Waals surface area contributed by atoms with Crippen molar-refractivity contribution in [3.05, 3.63) is 90.3 Å². The zero-order chi connectivity index (χ0) is 22.9. The highest BCUT2D eigenvalue weighted by Crippen LogP contribution is 2.19. The smallest absolute Gasteiger partial charge is 0.255 e. The van der Waals surface area contributed by atoms with Crippen LogP contribution in [0.1, 0.15) is 29.0 Å². The van der Waals surface area contributed by atoms with E-state index in [1.165, 1.54) is 0 Å². The zero-order valence-electron chi connectivity index (χ0n) is 18.9. The lowest BCUT2D eigenvalue weighted by molar-refractivity contribution is 0.0950. The summed E-state index contributed by atoms with van der Waals surface area (Å²) in [5, 5.41) is 2.99. The Kier molecular flexibility index (Phi) is 7.59. The summed E-state index contributed by atoms with van der Waals surface area (Å²) in [6.07, 6.45) is 2.46. The van der Waals surface area contributed by atoms with Gasteiger partial charge in [-0.05, 0) is 49.2 Å². The van der Waals surface area contributed by atoms with Crippen molar-refractivity contribution >= 4 is 16.9 Å². The minimum Gasteiger partial charge on any atom is -0.496 e. The Morgan fingerprint density at radius 3 is 2.55 bits per heavy atom. The molecule has 0 bridgehead atoms. The van der Waals surface area contributed by atoms with Gasteiger partial charge in [0.15, 0.2) is 0 Å². The topological polar surface area (TPSA) is 65.4 Å². The van der Waals surface area contributed by atoms with E-state index in [0.717, 1.165) is 48.4 Å². The molecule has 3 aromatic carbocycles. The van der Waals surface area contributed by atoms with E-state index in [4.69, 9.17) is 14.5 Å². The van der Waals surface area contributed by atoms with Crippen LogP contribution in [0.25, 0.3) is 11.0 Å². The van der Waals surface area contributed by atoms with E-state index in [-0.39, 0.29) is 5.91 Å². The summed E-state index contributed by atoms with van der Waals surface area (Å²) in [5.41, 5.74) is 2.67. The minimum absolute atomic E-state index is 0.126. The average molecular weight is 444 g/mol. The van der Waals surface area contributed by atoms with Gasteiger partial charge < -0.3 is 19.4 Å². The third-order valence-electron chi connectivity index (χ3n) is 5.49. The van der Waals surface area contributed by atoms with Gasteiger partial charge in [0.05, 0.1) is 30.3 Å². The Bertz CT molecular complexity index is 1190. The number of ether oxygens (including phenoxy) is 2. The first-order valence-corrected chi connectivity index (χ1v) is 11.3. The van der Waals surface area contributed by atoms with Crippen LogP contribution in [-0.2, 0) is 13.0 Å². The standard InChI is InChI=1S/C27H29N3O3/c1-32-25-16-8-5-13-22(25)27(31)28-18-9-17-26-29-23-14-6-7-15-24(23)30(26)19-10-20-33-21-11-3-2-4-12-21/h2-8,11-16H,9-10,17-20H2,1H3,(H,28,31). The summed E-state index contributed by atoms with van der Waals surface area (Å²) in [7, 11) is 1.57. The first kappa shape index (κ1) is 22.4. The molecule has 6 nitrogen and oxygen atoms in total. The van der Waals surface area contributed by atoms with Gasteiger partial charge in [-0.2, -0.15) is 0 Å². The number of imidazole rings is 1. The Morgan fingerprint density at radius 2 is 1.70 bits per heavy atom. The van der Waals surface area contributed by atoms with E-state index in [2.05, 4.69) is 16.0 Å². The number of amides is 1. The molecule has 1 aromatic heterocycles. The van der Waals surface area contributed by atoms with Gasteiger partial charge in [0.2, 0.25) is 0 Å². The molecule has 0 atom stereocenters. The van der Waals surface area contributed by atoms with E-state index in [1.54, 1.807) is 19.2 Å². The fraction of sp³-hybridized carbons (Fsp3) is 0.259. The molecule has 33 heavy (non-hydrogen) atoms. The molecule has 0 saturated heterocycles. The third-order valence-corrected chi connectivity index (χ3v) is 5.49. The molecule has 4 rings (SSSR count). The minimum atomic E-state index is -0.126. The Labute approximate surface area is 194 Å². The second kappa shape index (κ2) is 11.2. The summed E-state index contributed by atoms with van der Waals surface area (Å²) in [6.45, 7) is 2.04. The quantitative estimate of drug-likeness (QED) is 0.336. The van der Waals surface area contributed by atoms with Crippen LogP contribution in [0.2, 0.25) is 0 Å². The Morgan fingerprint density at radius 1 is 0.939 bits per heavy atom. The van der Waals surface area contributed by atoms with Gasteiger partial charge in [-0.1, -0.05) is 42.5 Å². The number of rotatable bonds is 11. The van der Waals surface area contributed by atoms with E-state index in [1.807, 2.05) is 60.7 Å². The van der Waals surface area contributed by atoms with Crippen LogP contribution in [-0.4, -0.2) is 35.7 Å². The van der Waals surface area contributed by atoms with Crippen molar-refractivity contribution in [3.8, 4) is 11.5 Å². The van der Waals surface area contributed by atoms with E-state index in [0.29, 0.717) is 24.5 Å². The molecular formula is C27H29N3O3. The number of benzene rings is 3. The number of hydrogen-bond donors (Lipinski definition) is 1. The number of fused-ring (bicyclic) bond motifs is 1. The predicted octanol–water partition coefficient (Wildman–Crippen LogP) is 4.88. The van der Waals surface area contributed by atoms with Gasteiger partial charge in [-0.3, -0.25) is 4.79 Å². The van der Waals surface area contributed by atoms with E-state index >= 15 is 0 Å². The molecule has 4 aromatic rings. The second-order valence-electron chi connectivity index (χ2n) is 7.74. The molecule has 0 saturated carbocycles. The van der Waals surface area contributed by atoms with Crippen molar-refractivity contribution in [2.45, 2.75) is 25.8 Å². The van der Waals surface area contributed by atoms with Crippen molar-refractivity contribution in [1.29, 1.82) is 0 Å². The molecule has 0 aliphatic heterocycles. The van der Waals surface area contributed by atoms with Crippen molar-refractivity contribution in [3.63, 3.8) is 0 Å². The van der Waals surface area contributed by atoms with Crippen molar-refractivity contribution in [2.75, 3.05) is 20.3 Å². The first-order valence-electron chi connectivity index (χ1n) is 11.3. The zero-order valence-corrected chi connectivity index (χ0v) is 18.9. The number of para-hydroxylation sites is 4. The van der Waals surface area contributed by atoms with Gasteiger partial charge in [0.25, 0.3) is 5.91 Å². The molecule has 1 heterocycles. The molecule has 6 heteroatoms. The van der Waals surface area contributed by atoms with Crippen LogP contribution in [0.15, 0.2) is 78.9 Å². The van der Waals surface area contributed by atoms with Crippen LogP contribution >= 0.6 is 0 Å². The van der Waals surface area contributed by atoms with Gasteiger partial charge in [0.1, 0.15) is 17.3 Å². The predicted molar refractivity (Wildman–Crippen MR) is 130 cm³/mol. The molecule has 0 fully saturated rings. The maximum atomic E-state index is 12.5. The molecule has 1 N–H and O–H groups in total. The SMILES string of the molecule is COc1ccccc1C(=O)NCCCc1nc2ccccc2n1CCCOc1ccccc1. The highest BCUT2D eigenvalue weighted by molar-refractivity contribution is 5.96. The van der Waals surface area contributed by atoms with Crippen LogP contribution in [0.5, 0.6) is 11.5 Å². The maximum Gasteiger partial charge on any atom is 0.255 e. The molecule has 0 radical (unpaired) electrons. The molecular weight excluding hydrogens is 414 g/mol. The summed E-state index contributed by atoms with van der Waals surface area (Å²) >= 11 is 0. The molecule has 0 spiro atoms. The summed E-state index contributed by atoms with van der Waals surface area (Å²) in [5.74, 6) is 2.37. The molecule has 0 unspecified atom stereocenters. The summed E-state index contributed by atoms with van der Waals surface area (Å²) in [6, 6.07) is 25.3. The molecule has 0 aliphatic carbocycles. The van der Waals surface area contributed by atoms with Gasteiger partial charge in [-0.25, -0.2) is 4.98 Å². The van der Waals surface area contributed by atoms with Crippen molar-refractivity contribution in [2.24, 2.45) is 0 Å². The maximum absolute atomic E-state index is 12.5. The largest absolute Gasteiger partial charge is 0.496 e. The number of aromatic nitrogens is 2. The lowest BCUT2D eigenvalue weighted by Gasteiger charge is -2.11. The normalized spacial score (nSPS) is 10.8. The summed E-state index contributed by atoms with van der Waals surface area (Å²) < 4.78 is 13.4. The second-order valence-corrected chi connectivity index (χ2v) is 7.74. The third kappa shape index (κ3) is 5.71. The fourth-order valence-corrected chi connectivity index (χ4v) is 3.87. The van der Waals surface area contributed by atoms with E-state index in [9.17, 15) is 4.79 Å². The number of hydrogen-bond acceptors (Lipinski definition) is 4. The molecule has 0 aliphatic rings. The van der Waals surface area contributed by atoms with Gasteiger partial charge in [0, 0.05) is 19.5 Å². The van der Waals surface area contributed by atoms with Crippen LogP contribution in [0.4, 0.5) is 0 Å². The Balaban J connectivity index is 1.33. The van der Waals surface area contributed by atoms with Crippen molar-refractivity contribution < 1.29 is 14.3 Å². The lowest BCUT2D eigenvalue weighted by Crippen LogP contribution is -2.25. The van der Waals surface area contributed by atoms with Crippen LogP contribution < -0.4 is 14.8 Å². The summed E-state index contributed by atoms with van der Waals surface area (Å²) in [4.78, 5) is 17.4. The fourth-order valence-electron chi connectivity index (χ4n) is 3.87. The molecule has 1 amide bonds. The number of methoxy groups -OCH3 is 1.